The first-order valence-corrected chi connectivity index (χ1v) is 13.1. The van der Waals surface area contributed by atoms with Crippen molar-refractivity contribution in [2.75, 3.05) is 18.9 Å². The van der Waals surface area contributed by atoms with E-state index in [1.807, 2.05) is 0 Å². The van der Waals surface area contributed by atoms with Crippen molar-refractivity contribution in [1.82, 2.24) is 15.1 Å². The number of fused-ring (bicyclic) bond motifs is 2. The highest BCUT2D eigenvalue weighted by Crippen LogP contribution is 2.46. The van der Waals surface area contributed by atoms with Crippen molar-refractivity contribution in [1.29, 1.82) is 0 Å². The third-order valence-corrected chi connectivity index (χ3v) is 7.83. The standard InChI is InChI=1S/C28H31FN4O6/c1-30-26(37)31-20-6-11-23-18(14-20)12-13-28(23)25(36)33(27(38)39-28)16-24(35)32(21-7-9-22(34)10-8-21)15-17-2-4-19(29)5-3-17/h2-6,11,14,21-22,34H,7-10,12-13,15-16H2,1H3,(H2,30,31,37)/t21?,22?,28-/m1/s1. The zero-order chi connectivity index (χ0) is 27.7. The molecule has 0 radical (unpaired) electrons. The number of ether oxygens (including phenoxy) is 1. The number of aliphatic hydroxyl groups excluding tert-OH is 1. The van der Waals surface area contributed by atoms with Gasteiger partial charge < -0.3 is 25.4 Å². The number of benzene rings is 2. The number of anilines is 1. The van der Waals surface area contributed by atoms with Crippen LogP contribution in [0.5, 0.6) is 0 Å². The summed E-state index contributed by atoms with van der Waals surface area (Å²) >= 11 is 0. The molecule has 3 N–H and O–H groups in total. The normalized spacial score (nSPS) is 23.9. The van der Waals surface area contributed by atoms with Gasteiger partial charge in [-0.3, -0.25) is 9.59 Å². The number of urea groups is 1. The number of aryl methyl sites for hydroxylation is 1. The molecule has 5 amide bonds. The average molecular weight is 539 g/mol. The monoisotopic (exact) mass is 538 g/mol. The van der Waals surface area contributed by atoms with Gasteiger partial charge in [-0.2, -0.15) is 0 Å². The molecular weight excluding hydrogens is 507 g/mol. The largest absolute Gasteiger partial charge is 0.427 e. The van der Waals surface area contributed by atoms with Crippen molar-refractivity contribution in [2.24, 2.45) is 0 Å². The van der Waals surface area contributed by atoms with Gasteiger partial charge in [-0.25, -0.2) is 18.9 Å². The number of rotatable bonds is 6. The Balaban J connectivity index is 1.35. The van der Waals surface area contributed by atoms with Gasteiger partial charge in [0.05, 0.1) is 6.10 Å². The fraction of sp³-hybridized carbons (Fsp3) is 0.429. The lowest BCUT2D eigenvalue weighted by molar-refractivity contribution is -0.143. The number of nitrogens with zero attached hydrogens (tertiary/aromatic N) is 2. The second kappa shape index (κ2) is 10.6. The molecule has 11 heteroatoms. The van der Waals surface area contributed by atoms with Gasteiger partial charge in [0.25, 0.3) is 5.91 Å². The van der Waals surface area contributed by atoms with Crippen LogP contribution in [0.25, 0.3) is 0 Å². The van der Waals surface area contributed by atoms with Crippen molar-refractivity contribution in [3.63, 3.8) is 0 Å². The lowest BCUT2D eigenvalue weighted by atomic mass is 9.91. The van der Waals surface area contributed by atoms with Crippen LogP contribution in [0.3, 0.4) is 0 Å². The van der Waals surface area contributed by atoms with Crippen LogP contribution in [0.4, 0.5) is 19.7 Å². The lowest BCUT2D eigenvalue weighted by Gasteiger charge is -2.36. The van der Waals surface area contributed by atoms with E-state index in [1.54, 1.807) is 35.2 Å². The molecular formula is C28H31FN4O6. The lowest BCUT2D eigenvalue weighted by Crippen LogP contribution is -2.48. The summed E-state index contributed by atoms with van der Waals surface area (Å²) in [5.74, 6) is -1.40. The van der Waals surface area contributed by atoms with Crippen LogP contribution in [-0.2, 0) is 32.9 Å². The molecule has 0 unspecified atom stereocenters. The number of carbonyl (C=O) groups excluding carboxylic acids is 4. The van der Waals surface area contributed by atoms with E-state index in [0.29, 0.717) is 48.9 Å². The van der Waals surface area contributed by atoms with E-state index in [1.165, 1.54) is 19.2 Å². The number of nitrogens with one attached hydrogen (secondary N) is 2. The molecule has 2 fully saturated rings. The predicted octanol–water partition coefficient (Wildman–Crippen LogP) is 3.03. The molecule has 1 aliphatic heterocycles. The minimum atomic E-state index is -1.50. The first-order chi connectivity index (χ1) is 18.7. The molecule has 0 aromatic heterocycles. The molecule has 1 saturated heterocycles. The molecule has 2 aliphatic carbocycles. The predicted molar refractivity (Wildman–Crippen MR) is 138 cm³/mol. The second-order valence-corrected chi connectivity index (χ2v) is 10.3. The molecule has 39 heavy (non-hydrogen) atoms. The Morgan fingerprint density at radius 2 is 1.85 bits per heavy atom. The van der Waals surface area contributed by atoms with Crippen molar-refractivity contribution in [3.8, 4) is 0 Å². The van der Waals surface area contributed by atoms with Crippen LogP contribution >= 0.6 is 0 Å². The van der Waals surface area contributed by atoms with E-state index in [2.05, 4.69) is 10.6 Å². The topological polar surface area (TPSA) is 128 Å². The highest BCUT2D eigenvalue weighted by atomic mass is 19.1. The maximum absolute atomic E-state index is 13.6. The zero-order valence-electron chi connectivity index (χ0n) is 21.6. The van der Waals surface area contributed by atoms with E-state index in [4.69, 9.17) is 4.74 Å². The Labute approximate surface area is 225 Å². The van der Waals surface area contributed by atoms with Crippen LogP contribution in [0.15, 0.2) is 42.5 Å². The minimum Gasteiger partial charge on any atom is -0.427 e. The highest BCUT2D eigenvalue weighted by molar-refractivity contribution is 6.06. The number of halogens is 1. The first-order valence-electron chi connectivity index (χ1n) is 13.1. The number of imide groups is 1. The molecule has 10 nitrogen and oxygen atoms in total. The molecule has 3 aliphatic rings. The third kappa shape index (κ3) is 5.18. The fourth-order valence-electron chi connectivity index (χ4n) is 5.73. The summed E-state index contributed by atoms with van der Waals surface area (Å²) in [6.07, 6.45) is 1.63. The van der Waals surface area contributed by atoms with E-state index in [-0.39, 0.29) is 30.9 Å². The molecule has 0 bridgehead atoms. The Bertz CT molecular complexity index is 1290. The second-order valence-electron chi connectivity index (χ2n) is 10.3. The summed E-state index contributed by atoms with van der Waals surface area (Å²) < 4.78 is 19.1. The van der Waals surface area contributed by atoms with Crippen molar-refractivity contribution in [3.05, 3.63) is 65.0 Å². The Morgan fingerprint density at radius 1 is 1.13 bits per heavy atom. The molecule has 1 atom stereocenters. The van der Waals surface area contributed by atoms with Crippen molar-refractivity contribution in [2.45, 2.75) is 62.8 Å². The van der Waals surface area contributed by atoms with Crippen molar-refractivity contribution < 1.29 is 33.4 Å². The summed E-state index contributed by atoms with van der Waals surface area (Å²) in [5.41, 5.74) is 1.07. The summed E-state index contributed by atoms with van der Waals surface area (Å²) in [5, 5.41) is 15.1. The molecule has 1 heterocycles. The number of hydrogen-bond acceptors (Lipinski definition) is 6. The summed E-state index contributed by atoms with van der Waals surface area (Å²) in [7, 11) is 1.50. The van der Waals surface area contributed by atoms with Gasteiger partial charge in [-0.15, -0.1) is 0 Å². The maximum atomic E-state index is 13.6. The molecule has 1 spiro atoms. The fourth-order valence-corrected chi connectivity index (χ4v) is 5.73. The van der Waals surface area contributed by atoms with E-state index < -0.39 is 36.2 Å². The van der Waals surface area contributed by atoms with Crippen LogP contribution in [0.1, 0.15) is 48.8 Å². The molecule has 2 aromatic rings. The third-order valence-electron chi connectivity index (χ3n) is 7.83. The van der Waals surface area contributed by atoms with Gasteiger partial charge >= 0.3 is 12.1 Å². The first kappa shape index (κ1) is 26.6. The SMILES string of the molecule is CNC(=O)Nc1ccc2c(c1)CC[C@@]21OC(=O)N(CC(=O)N(Cc2ccc(F)cc2)C2CCC(O)CC2)C1=O. The van der Waals surface area contributed by atoms with Gasteiger partial charge in [-0.1, -0.05) is 18.2 Å². The van der Waals surface area contributed by atoms with Gasteiger partial charge in [0.15, 0.2) is 0 Å². The Morgan fingerprint density at radius 3 is 2.54 bits per heavy atom. The molecule has 5 rings (SSSR count). The van der Waals surface area contributed by atoms with Gasteiger partial charge in [0.2, 0.25) is 11.5 Å². The number of aliphatic hydroxyl groups is 1. The number of amides is 5. The molecule has 206 valence electrons. The summed E-state index contributed by atoms with van der Waals surface area (Å²) in [6, 6.07) is 10.3. The minimum absolute atomic E-state index is 0.187. The van der Waals surface area contributed by atoms with Gasteiger partial charge in [-0.05, 0) is 67.5 Å². The summed E-state index contributed by atoms with van der Waals surface area (Å²) in [6.45, 7) is -0.294. The number of hydrogen-bond donors (Lipinski definition) is 3. The molecule has 2 aromatic carbocycles. The van der Waals surface area contributed by atoms with Crippen LogP contribution in [0.2, 0.25) is 0 Å². The van der Waals surface area contributed by atoms with Crippen LogP contribution in [0, 0.1) is 5.82 Å². The Hall–Kier alpha value is -3.99. The average Bonchev–Trinajstić information content (AvgIpc) is 3.40. The Kier molecular flexibility index (Phi) is 7.26. The van der Waals surface area contributed by atoms with Crippen LogP contribution in [-0.4, -0.2) is 64.6 Å². The quantitative estimate of drug-likeness (QED) is 0.519. The zero-order valence-corrected chi connectivity index (χ0v) is 21.6. The van der Waals surface area contributed by atoms with E-state index in [0.717, 1.165) is 10.5 Å². The summed E-state index contributed by atoms with van der Waals surface area (Å²) in [4.78, 5) is 54.4. The van der Waals surface area contributed by atoms with E-state index in [9.17, 15) is 28.7 Å². The number of carbonyl (C=O) groups is 4. The van der Waals surface area contributed by atoms with Crippen LogP contribution < -0.4 is 10.6 Å². The maximum Gasteiger partial charge on any atom is 0.418 e. The highest BCUT2D eigenvalue weighted by Gasteiger charge is 2.58. The van der Waals surface area contributed by atoms with E-state index >= 15 is 0 Å². The molecule has 1 saturated carbocycles. The smallest absolute Gasteiger partial charge is 0.418 e. The van der Waals surface area contributed by atoms with Gasteiger partial charge in [0.1, 0.15) is 12.4 Å². The van der Waals surface area contributed by atoms with Gasteiger partial charge in [0, 0.05) is 37.3 Å². The van der Waals surface area contributed by atoms with Crippen molar-refractivity contribution >= 4 is 29.6 Å².